The maximum atomic E-state index is 12.5. The molecule has 8 heteroatoms. The van der Waals surface area contributed by atoms with Crippen molar-refractivity contribution >= 4 is 50.7 Å². The van der Waals surface area contributed by atoms with Crippen molar-refractivity contribution in [1.29, 1.82) is 0 Å². The molecule has 0 radical (unpaired) electrons. The molecule has 2 heterocycles. The first kappa shape index (κ1) is 16.8. The van der Waals surface area contributed by atoms with Crippen molar-refractivity contribution in [1.82, 2.24) is 14.3 Å². The fourth-order valence-corrected chi connectivity index (χ4v) is 4.04. The first-order chi connectivity index (χ1) is 11.4. The van der Waals surface area contributed by atoms with Gasteiger partial charge in [-0.3, -0.25) is 9.48 Å². The highest BCUT2D eigenvalue weighted by atomic mass is 35.5. The zero-order valence-corrected chi connectivity index (χ0v) is 15.2. The summed E-state index contributed by atoms with van der Waals surface area (Å²) in [4.78, 5) is 17.1. The number of amides is 1. The molecule has 0 aliphatic rings. The van der Waals surface area contributed by atoms with Crippen LogP contribution in [0.15, 0.2) is 23.3 Å². The Balaban J connectivity index is 2.26. The second kappa shape index (κ2) is 6.44. The molecule has 3 rings (SSSR count). The third-order valence-corrected chi connectivity index (χ3v) is 5.23. The number of hydrogen-bond acceptors (Lipinski definition) is 3. The predicted octanol–water partition coefficient (Wildman–Crippen LogP) is 3.43. The van der Waals surface area contributed by atoms with E-state index in [-0.39, 0.29) is 6.54 Å². The maximum Gasteiger partial charge on any atom is 0.300 e. The van der Waals surface area contributed by atoms with Crippen molar-refractivity contribution in [2.24, 2.45) is 12.0 Å². The molecule has 122 valence electrons. The zero-order chi connectivity index (χ0) is 17.4. The lowest BCUT2D eigenvalue weighted by atomic mass is 10.3. The summed E-state index contributed by atoms with van der Waals surface area (Å²) in [6, 6.07) is 3.40. The summed E-state index contributed by atoms with van der Waals surface area (Å²) in [7, 11) is 1.75. The minimum Gasteiger partial charge on any atom is -0.303 e. The van der Waals surface area contributed by atoms with Crippen LogP contribution < -0.4 is 4.80 Å². The third-order valence-electron chi connectivity index (χ3n) is 3.39. The number of hydrogen-bond donors (Lipinski definition) is 0. The molecule has 0 aliphatic heterocycles. The largest absolute Gasteiger partial charge is 0.303 e. The van der Waals surface area contributed by atoms with Gasteiger partial charge in [-0.25, -0.2) is 0 Å². The number of aromatic nitrogens is 3. The van der Waals surface area contributed by atoms with E-state index in [1.165, 1.54) is 11.3 Å². The molecule has 3 aromatic rings. The van der Waals surface area contributed by atoms with E-state index in [0.717, 1.165) is 10.3 Å². The molecule has 24 heavy (non-hydrogen) atoms. The van der Waals surface area contributed by atoms with E-state index in [2.05, 4.69) is 16.0 Å². The van der Waals surface area contributed by atoms with Crippen LogP contribution >= 0.6 is 34.5 Å². The number of nitrogens with zero attached hydrogens (tertiary/aromatic N) is 4. The van der Waals surface area contributed by atoms with E-state index in [9.17, 15) is 4.79 Å². The van der Waals surface area contributed by atoms with Crippen LogP contribution in [0.3, 0.4) is 0 Å². The number of benzene rings is 1. The normalized spacial score (nSPS) is 11.9. The summed E-state index contributed by atoms with van der Waals surface area (Å²) in [5, 5.41) is 5.19. The van der Waals surface area contributed by atoms with Crippen molar-refractivity contribution in [2.75, 3.05) is 0 Å². The molecule has 1 amide bonds. The molecule has 0 unspecified atom stereocenters. The van der Waals surface area contributed by atoms with Gasteiger partial charge in [0.15, 0.2) is 10.5 Å². The van der Waals surface area contributed by atoms with Crippen LogP contribution in [0, 0.1) is 19.3 Å². The van der Waals surface area contributed by atoms with Crippen LogP contribution in [0.1, 0.15) is 16.1 Å². The first-order valence-corrected chi connectivity index (χ1v) is 8.49. The van der Waals surface area contributed by atoms with Crippen LogP contribution in [0.2, 0.25) is 10.0 Å². The Labute approximate surface area is 152 Å². The highest BCUT2D eigenvalue weighted by Gasteiger charge is 2.16. The smallest absolute Gasteiger partial charge is 0.300 e. The van der Waals surface area contributed by atoms with E-state index in [1.807, 2.05) is 6.92 Å². The average Bonchev–Trinajstić information content (AvgIpc) is 3.05. The van der Waals surface area contributed by atoms with E-state index >= 15 is 0 Å². The van der Waals surface area contributed by atoms with Gasteiger partial charge in [0.2, 0.25) is 0 Å². The Morgan fingerprint density at radius 1 is 1.42 bits per heavy atom. The molecule has 1 aromatic carbocycles. The maximum absolute atomic E-state index is 12.5. The highest BCUT2D eigenvalue weighted by molar-refractivity contribution is 7.17. The number of thiazole rings is 1. The van der Waals surface area contributed by atoms with Crippen LogP contribution in [0.5, 0.6) is 0 Å². The van der Waals surface area contributed by atoms with Crippen molar-refractivity contribution < 1.29 is 4.79 Å². The number of rotatable bonds is 2. The van der Waals surface area contributed by atoms with Crippen LogP contribution in [0.25, 0.3) is 10.2 Å². The molecular formula is C16H12Cl2N4OS. The summed E-state index contributed by atoms with van der Waals surface area (Å²) < 4.78 is 4.03. The topological polar surface area (TPSA) is 52.2 Å². The minimum atomic E-state index is -0.433. The Morgan fingerprint density at radius 2 is 2.12 bits per heavy atom. The molecule has 2 aromatic heterocycles. The molecule has 0 saturated carbocycles. The summed E-state index contributed by atoms with van der Waals surface area (Å²) in [5.74, 6) is 2.12. The highest BCUT2D eigenvalue weighted by Crippen LogP contribution is 2.31. The quantitative estimate of drug-likeness (QED) is 0.641. The monoisotopic (exact) mass is 378 g/mol. The Bertz CT molecular complexity index is 1070. The van der Waals surface area contributed by atoms with Crippen molar-refractivity contribution in [3.8, 4) is 12.3 Å². The second-order valence-corrected chi connectivity index (χ2v) is 6.93. The Hall–Kier alpha value is -2.07. The molecule has 0 bridgehead atoms. The lowest BCUT2D eigenvalue weighted by Crippen LogP contribution is -2.17. The summed E-state index contributed by atoms with van der Waals surface area (Å²) in [6.07, 6.45) is 7.21. The summed E-state index contributed by atoms with van der Waals surface area (Å²) in [6.45, 7) is 2.04. The van der Waals surface area contributed by atoms with Crippen LogP contribution in [-0.4, -0.2) is 20.3 Å². The van der Waals surface area contributed by atoms with Gasteiger partial charge < -0.3 is 4.57 Å². The van der Waals surface area contributed by atoms with Gasteiger partial charge in [0, 0.05) is 18.8 Å². The molecule has 0 aliphatic carbocycles. The Kier molecular flexibility index (Phi) is 4.50. The van der Waals surface area contributed by atoms with Gasteiger partial charge in [0.05, 0.1) is 26.8 Å². The van der Waals surface area contributed by atoms with Crippen molar-refractivity contribution in [3.63, 3.8) is 0 Å². The fourth-order valence-electron chi connectivity index (χ4n) is 2.39. The van der Waals surface area contributed by atoms with E-state index < -0.39 is 5.91 Å². The zero-order valence-electron chi connectivity index (χ0n) is 12.9. The minimum absolute atomic E-state index is 0.230. The van der Waals surface area contributed by atoms with Gasteiger partial charge in [0.1, 0.15) is 0 Å². The van der Waals surface area contributed by atoms with Gasteiger partial charge >= 0.3 is 0 Å². The summed E-state index contributed by atoms with van der Waals surface area (Å²) >= 11 is 13.8. The SMILES string of the molecule is C#CCn1c(=NC(=O)c2nn(C)cc2C)sc2c(Cl)ccc(Cl)c21. The van der Waals surface area contributed by atoms with E-state index in [1.54, 1.807) is 34.6 Å². The molecule has 0 fully saturated rings. The number of fused-ring (bicyclic) bond motifs is 1. The van der Waals surface area contributed by atoms with E-state index in [4.69, 9.17) is 29.6 Å². The van der Waals surface area contributed by atoms with Gasteiger partial charge in [-0.1, -0.05) is 40.5 Å². The van der Waals surface area contributed by atoms with Gasteiger partial charge in [0.25, 0.3) is 5.91 Å². The average molecular weight is 379 g/mol. The fraction of sp³-hybridized carbons (Fsp3) is 0.188. The first-order valence-electron chi connectivity index (χ1n) is 6.92. The number of carbonyl (C=O) groups is 1. The van der Waals surface area contributed by atoms with Crippen molar-refractivity contribution in [2.45, 2.75) is 13.5 Å². The van der Waals surface area contributed by atoms with Gasteiger partial charge in [-0.15, -0.1) is 6.42 Å². The number of aryl methyl sites for hydroxylation is 2. The van der Waals surface area contributed by atoms with Gasteiger partial charge in [-0.2, -0.15) is 10.1 Å². The molecule has 0 spiro atoms. The molecule has 0 N–H and O–H groups in total. The van der Waals surface area contributed by atoms with Gasteiger partial charge in [-0.05, 0) is 19.1 Å². The third kappa shape index (κ3) is 2.86. The van der Waals surface area contributed by atoms with E-state index in [0.29, 0.717) is 26.1 Å². The van der Waals surface area contributed by atoms with Crippen molar-refractivity contribution in [3.05, 3.63) is 44.4 Å². The lowest BCUT2D eigenvalue weighted by Gasteiger charge is -2.02. The molecule has 0 atom stereocenters. The number of halogens is 2. The standard InChI is InChI=1S/C16H12Cl2N4OS/c1-4-7-22-13-10(17)5-6-11(18)14(13)24-16(22)19-15(23)12-9(2)8-21(3)20-12/h1,5-6,8H,7H2,2-3H3. The van der Waals surface area contributed by atoms with Crippen LogP contribution in [0.4, 0.5) is 0 Å². The second-order valence-electron chi connectivity index (χ2n) is 5.13. The number of carbonyl (C=O) groups excluding carboxylic acids is 1. The molecule has 0 saturated heterocycles. The Morgan fingerprint density at radius 3 is 2.75 bits per heavy atom. The number of terminal acetylenes is 1. The molecule has 5 nitrogen and oxygen atoms in total. The molecular weight excluding hydrogens is 367 g/mol. The van der Waals surface area contributed by atoms with Crippen LogP contribution in [-0.2, 0) is 13.6 Å². The predicted molar refractivity (Wildman–Crippen MR) is 96.5 cm³/mol. The summed E-state index contributed by atoms with van der Waals surface area (Å²) in [5.41, 5.74) is 1.74. The lowest BCUT2D eigenvalue weighted by molar-refractivity contribution is 0.0992.